The fourth-order valence-electron chi connectivity index (χ4n) is 4.11. The summed E-state index contributed by atoms with van der Waals surface area (Å²) < 4.78 is 34.7. The summed E-state index contributed by atoms with van der Waals surface area (Å²) in [7, 11) is -3.66. The summed E-state index contributed by atoms with van der Waals surface area (Å²) in [6.07, 6.45) is 7.51. The number of nitrogens with one attached hydrogen (secondary N) is 2. The van der Waals surface area contributed by atoms with Gasteiger partial charge in [-0.1, -0.05) is 18.0 Å². The van der Waals surface area contributed by atoms with Gasteiger partial charge in [-0.15, -0.1) is 0 Å². The van der Waals surface area contributed by atoms with E-state index < -0.39 is 10.0 Å². The van der Waals surface area contributed by atoms with Gasteiger partial charge < -0.3 is 10.1 Å². The van der Waals surface area contributed by atoms with E-state index in [4.69, 9.17) is 16.3 Å². The SMILES string of the molecule is O=S(=O)(NC1CC2CCC(C1)N2)c1cc(Cl)ccc1OCC1CCC1. The zero-order valence-electron chi connectivity index (χ0n) is 14.2. The molecule has 3 fully saturated rings. The van der Waals surface area contributed by atoms with E-state index in [1.807, 2.05) is 0 Å². The van der Waals surface area contributed by atoms with Gasteiger partial charge in [0, 0.05) is 23.1 Å². The van der Waals surface area contributed by atoms with Crippen LogP contribution in [0.15, 0.2) is 23.1 Å². The Kier molecular flexibility index (Phi) is 4.97. The largest absolute Gasteiger partial charge is 0.492 e. The molecule has 1 aliphatic carbocycles. The van der Waals surface area contributed by atoms with Crippen molar-refractivity contribution in [2.45, 2.75) is 68.0 Å². The first-order valence-electron chi connectivity index (χ1n) is 9.20. The smallest absolute Gasteiger partial charge is 0.244 e. The summed E-state index contributed by atoms with van der Waals surface area (Å²) in [5.74, 6) is 0.944. The van der Waals surface area contributed by atoms with E-state index in [2.05, 4.69) is 10.0 Å². The maximum atomic E-state index is 13.0. The molecule has 1 saturated carbocycles. The van der Waals surface area contributed by atoms with Gasteiger partial charge in [0.1, 0.15) is 10.6 Å². The molecule has 25 heavy (non-hydrogen) atoms. The predicted octanol–water partition coefficient (Wildman–Crippen LogP) is 3.08. The Labute approximate surface area is 154 Å². The Morgan fingerprint density at radius 3 is 2.52 bits per heavy atom. The number of sulfonamides is 1. The van der Waals surface area contributed by atoms with Crippen molar-refractivity contribution < 1.29 is 13.2 Å². The molecule has 0 radical (unpaired) electrons. The second-order valence-corrected chi connectivity index (χ2v) is 9.75. The lowest BCUT2D eigenvalue weighted by Crippen LogP contribution is -2.47. The predicted molar refractivity (Wildman–Crippen MR) is 97.6 cm³/mol. The molecule has 2 atom stereocenters. The molecule has 7 heteroatoms. The van der Waals surface area contributed by atoms with Gasteiger partial charge in [-0.3, -0.25) is 0 Å². The van der Waals surface area contributed by atoms with E-state index in [9.17, 15) is 8.42 Å². The number of benzene rings is 1. The highest BCUT2D eigenvalue weighted by Gasteiger charge is 2.36. The second-order valence-electron chi connectivity index (χ2n) is 7.63. The molecule has 0 spiro atoms. The third-order valence-electron chi connectivity index (χ3n) is 5.69. The monoisotopic (exact) mass is 384 g/mol. The van der Waals surface area contributed by atoms with E-state index in [1.54, 1.807) is 12.1 Å². The maximum Gasteiger partial charge on any atom is 0.244 e. The average molecular weight is 385 g/mol. The standard InChI is InChI=1S/C18H25ClN2O3S/c19-13-4-7-17(24-11-12-2-1-3-12)18(8-13)25(22,23)21-16-9-14-5-6-15(10-16)20-14/h4,7-8,12,14-16,20-21H,1-3,5-6,9-11H2. The first-order chi connectivity index (χ1) is 12.0. The van der Waals surface area contributed by atoms with E-state index >= 15 is 0 Å². The average Bonchev–Trinajstić information content (AvgIpc) is 2.85. The molecule has 2 unspecified atom stereocenters. The number of piperidine rings is 1. The van der Waals surface area contributed by atoms with E-state index in [-0.39, 0.29) is 10.9 Å². The summed E-state index contributed by atoms with van der Waals surface area (Å²) in [4.78, 5) is 0.158. The zero-order chi connectivity index (χ0) is 17.4. The molecule has 138 valence electrons. The van der Waals surface area contributed by atoms with Gasteiger partial charge in [0.15, 0.2) is 0 Å². The number of ether oxygens (including phenoxy) is 1. The molecule has 1 aromatic carbocycles. The maximum absolute atomic E-state index is 13.0. The Morgan fingerprint density at radius 2 is 1.88 bits per heavy atom. The molecule has 3 aliphatic rings. The molecule has 2 aliphatic heterocycles. The summed E-state index contributed by atoms with van der Waals surface area (Å²) in [6.45, 7) is 0.571. The fourth-order valence-corrected chi connectivity index (χ4v) is 5.78. The third kappa shape index (κ3) is 3.97. The molecular formula is C18H25ClN2O3S. The first-order valence-corrected chi connectivity index (χ1v) is 11.1. The lowest BCUT2D eigenvalue weighted by molar-refractivity contribution is 0.177. The molecule has 2 saturated heterocycles. The number of halogens is 1. The van der Waals surface area contributed by atoms with E-state index in [0.717, 1.165) is 38.5 Å². The van der Waals surface area contributed by atoms with Crippen molar-refractivity contribution in [1.82, 2.24) is 10.0 Å². The minimum Gasteiger partial charge on any atom is -0.492 e. The Morgan fingerprint density at radius 1 is 1.16 bits per heavy atom. The highest BCUT2D eigenvalue weighted by Crippen LogP contribution is 2.32. The molecule has 4 rings (SSSR count). The van der Waals surface area contributed by atoms with Crippen LogP contribution in [0.3, 0.4) is 0 Å². The van der Waals surface area contributed by atoms with Gasteiger partial charge in [0.25, 0.3) is 0 Å². The number of rotatable bonds is 6. The minimum atomic E-state index is -3.66. The summed E-state index contributed by atoms with van der Waals surface area (Å²) in [5.41, 5.74) is 0. The number of fused-ring (bicyclic) bond motifs is 2. The quantitative estimate of drug-likeness (QED) is 0.790. The Balaban J connectivity index is 1.50. The van der Waals surface area contributed by atoms with Gasteiger partial charge in [-0.2, -0.15) is 0 Å². The molecule has 2 N–H and O–H groups in total. The van der Waals surface area contributed by atoms with Crippen LogP contribution < -0.4 is 14.8 Å². The van der Waals surface area contributed by atoms with Gasteiger partial charge in [0.05, 0.1) is 6.61 Å². The van der Waals surface area contributed by atoms with Gasteiger partial charge in [0.2, 0.25) is 10.0 Å². The van der Waals surface area contributed by atoms with Crippen molar-refractivity contribution in [3.05, 3.63) is 23.2 Å². The van der Waals surface area contributed by atoms with Crippen LogP contribution in [0.2, 0.25) is 5.02 Å². The van der Waals surface area contributed by atoms with Crippen molar-refractivity contribution >= 4 is 21.6 Å². The molecule has 0 amide bonds. The summed E-state index contributed by atoms with van der Waals surface area (Å²) >= 11 is 6.07. The first kappa shape index (κ1) is 17.6. The van der Waals surface area contributed by atoms with Crippen molar-refractivity contribution in [3.8, 4) is 5.75 Å². The van der Waals surface area contributed by atoms with Gasteiger partial charge in [-0.25, -0.2) is 13.1 Å². The normalized spacial score (nSPS) is 29.4. The van der Waals surface area contributed by atoms with Gasteiger partial charge >= 0.3 is 0 Å². The zero-order valence-corrected chi connectivity index (χ0v) is 15.8. The molecule has 2 heterocycles. The van der Waals surface area contributed by atoms with Crippen LogP contribution in [0.1, 0.15) is 44.9 Å². The van der Waals surface area contributed by atoms with E-state index in [0.29, 0.717) is 35.4 Å². The van der Waals surface area contributed by atoms with Crippen molar-refractivity contribution in [2.75, 3.05) is 6.61 Å². The van der Waals surface area contributed by atoms with Crippen molar-refractivity contribution in [1.29, 1.82) is 0 Å². The van der Waals surface area contributed by atoms with E-state index in [1.165, 1.54) is 12.5 Å². The Hall–Kier alpha value is -0.820. The molecule has 0 aromatic heterocycles. The molecular weight excluding hydrogens is 360 g/mol. The third-order valence-corrected chi connectivity index (χ3v) is 7.47. The van der Waals surface area contributed by atoms with Crippen molar-refractivity contribution in [2.24, 2.45) is 5.92 Å². The lowest BCUT2D eigenvalue weighted by atomic mass is 9.86. The molecule has 1 aromatic rings. The van der Waals surface area contributed by atoms with Crippen LogP contribution in [0.5, 0.6) is 5.75 Å². The fraction of sp³-hybridized carbons (Fsp3) is 0.667. The highest BCUT2D eigenvalue weighted by molar-refractivity contribution is 7.89. The number of hydrogen-bond donors (Lipinski definition) is 2. The van der Waals surface area contributed by atoms with Crippen LogP contribution >= 0.6 is 11.6 Å². The Bertz CT molecular complexity index is 724. The van der Waals surface area contributed by atoms with Crippen LogP contribution in [-0.2, 0) is 10.0 Å². The topological polar surface area (TPSA) is 67.4 Å². The highest BCUT2D eigenvalue weighted by atomic mass is 35.5. The van der Waals surface area contributed by atoms with Crippen LogP contribution in [0.25, 0.3) is 0 Å². The van der Waals surface area contributed by atoms with Gasteiger partial charge in [-0.05, 0) is 62.6 Å². The van der Waals surface area contributed by atoms with Crippen LogP contribution in [-0.4, -0.2) is 33.2 Å². The molecule has 5 nitrogen and oxygen atoms in total. The van der Waals surface area contributed by atoms with Crippen molar-refractivity contribution in [3.63, 3.8) is 0 Å². The number of hydrogen-bond acceptors (Lipinski definition) is 4. The summed E-state index contributed by atoms with van der Waals surface area (Å²) in [5, 5.41) is 3.94. The van der Waals surface area contributed by atoms with Crippen LogP contribution in [0.4, 0.5) is 0 Å². The summed E-state index contributed by atoms with van der Waals surface area (Å²) in [6, 6.07) is 5.68. The second kappa shape index (κ2) is 7.06. The minimum absolute atomic E-state index is 0.0257. The van der Waals surface area contributed by atoms with Crippen LogP contribution in [0, 0.1) is 5.92 Å². The lowest BCUT2D eigenvalue weighted by Gasteiger charge is -2.30. The molecule has 2 bridgehead atoms.